The van der Waals surface area contributed by atoms with E-state index < -0.39 is 9.84 Å². The zero-order valence-corrected chi connectivity index (χ0v) is 19.2. The third-order valence-corrected chi connectivity index (χ3v) is 7.39. The summed E-state index contributed by atoms with van der Waals surface area (Å²) in [5.41, 5.74) is 3.65. The van der Waals surface area contributed by atoms with Crippen LogP contribution in [-0.4, -0.2) is 24.5 Å². The fourth-order valence-corrected chi connectivity index (χ4v) is 5.06. The second-order valence-corrected chi connectivity index (χ2v) is 10.9. The molecule has 0 N–H and O–H groups in total. The molecular weight excluding hydrogens is 436 g/mol. The predicted octanol–water partition coefficient (Wildman–Crippen LogP) is 6.45. The largest absolute Gasteiger partial charge is 0.230 e. The number of halogens is 1. The van der Waals surface area contributed by atoms with Crippen LogP contribution in [0.2, 0.25) is 5.02 Å². The Morgan fingerprint density at radius 3 is 2.40 bits per heavy atom. The number of benzene rings is 2. The lowest BCUT2D eigenvalue weighted by Gasteiger charge is -2.08. The highest BCUT2D eigenvalue weighted by atomic mass is 35.5. The number of thiophene rings is 1. The number of nitrogens with zero attached hydrogens (tertiary/aromatic N) is 2. The summed E-state index contributed by atoms with van der Waals surface area (Å²) >= 11 is 8.05. The van der Waals surface area contributed by atoms with Gasteiger partial charge in [0.05, 0.1) is 31.9 Å². The molecule has 2 aromatic heterocycles. The van der Waals surface area contributed by atoms with Crippen LogP contribution in [-0.2, 0) is 9.84 Å². The molecule has 0 amide bonds. The summed E-state index contributed by atoms with van der Waals surface area (Å²) in [6.07, 6.45) is 1.22. The van der Waals surface area contributed by atoms with Crippen LogP contribution in [0.3, 0.4) is 0 Å². The molecule has 0 saturated heterocycles. The van der Waals surface area contributed by atoms with Crippen molar-refractivity contribution in [2.75, 3.05) is 6.26 Å². The third-order valence-electron chi connectivity index (χ3n) is 4.81. The number of para-hydroxylation sites is 1. The van der Waals surface area contributed by atoms with Gasteiger partial charge in [0.2, 0.25) is 0 Å². The molecular formula is C23H21ClN2O2S2. The van der Waals surface area contributed by atoms with Crippen molar-refractivity contribution in [2.24, 2.45) is 0 Å². The Balaban J connectivity index is 1.82. The van der Waals surface area contributed by atoms with Gasteiger partial charge in [0, 0.05) is 11.1 Å². The van der Waals surface area contributed by atoms with Gasteiger partial charge in [-0.3, -0.25) is 0 Å². The summed E-state index contributed by atoms with van der Waals surface area (Å²) in [6.45, 7) is 4.22. The molecule has 30 heavy (non-hydrogen) atoms. The Bertz CT molecular complexity index is 1320. The highest BCUT2D eigenvalue weighted by Gasteiger charge is 2.18. The van der Waals surface area contributed by atoms with Crippen molar-refractivity contribution in [1.82, 2.24) is 9.78 Å². The van der Waals surface area contributed by atoms with Crippen molar-refractivity contribution in [3.63, 3.8) is 0 Å². The summed E-state index contributed by atoms with van der Waals surface area (Å²) in [7, 11) is -3.26. The van der Waals surface area contributed by atoms with Gasteiger partial charge in [0.1, 0.15) is 0 Å². The summed E-state index contributed by atoms with van der Waals surface area (Å²) in [5, 5.41) is 5.44. The molecule has 0 radical (unpaired) electrons. The molecule has 2 heterocycles. The van der Waals surface area contributed by atoms with E-state index in [9.17, 15) is 8.42 Å². The SMILES string of the molecule is CC(C)c1cc(-c2ccc(-c3cccc(S(C)(=O)=O)c3)s2)n(-c2ccccc2Cl)n1. The standard InChI is InChI=1S/C23H21ClN2O2S2/c1-15(2)19-14-21(26(25-19)20-10-5-4-9-18(20)24)23-12-11-22(29-23)16-7-6-8-17(13-16)30(3,27)28/h4-15H,1-3H3. The van der Waals surface area contributed by atoms with Crippen LogP contribution in [0.5, 0.6) is 0 Å². The quantitative estimate of drug-likeness (QED) is 0.346. The molecule has 0 fully saturated rings. The van der Waals surface area contributed by atoms with E-state index >= 15 is 0 Å². The van der Waals surface area contributed by atoms with Gasteiger partial charge in [-0.2, -0.15) is 5.10 Å². The van der Waals surface area contributed by atoms with Gasteiger partial charge in [-0.1, -0.05) is 49.7 Å². The predicted molar refractivity (Wildman–Crippen MR) is 125 cm³/mol. The molecule has 0 aliphatic carbocycles. The van der Waals surface area contributed by atoms with E-state index in [0.717, 1.165) is 32.4 Å². The van der Waals surface area contributed by atoms with Crippen LogP contribution < -0.4 is 0 Å². The summed E-state index contributed by atoms with van der Waals surface area (Å²) in [4.78, 5) is 2.35. The van der Waals surface area contributed by atoms with Crippen molar-refractivity contribution in [1.29, 1.82) is 0 Å². The van der Waals surface area contributed by atoms with E-state index in [-0.39, 0.29) is 5.92 Å². The Kier molecular flexibility index (Phi) is 5.57. The topological polar surface area (TPSA) is 52.0 Å². The van der Waals surface area contributed by atoms with Gasteiger partial charge in [0.25, 0.3) is 0 Å². The fourth-order valence-electron chi connectivity index (χ4n) is 3.17. The van der Waals surface area contributed by atoms with Gasteiger partial charge in [-0.05, 0) is 53.9 Å². The molecule has 0 spiro atoms. The number of sulfone groups is 1. The van der Waals surface area contributed by atoms with Crippen molar-refractivity contribution in [3.05, 3.63) is 77.4 Å². The van der Waals surface area contributed by atoms with E-state index in [1.807, 2.05) is 47.1 Å². The van der Waals surface area contributed by atoms with Crippen molar-refractivity contribution in [2.45, 2.75) is 24.7 Å². The number of aromatic nitrogens is 2. The Morgan fingerprint density at radius 1 is 0.967 bits per heavy atom. The average molecular weight is 457 g/mol. The molecule has 0 unspecified atom stereocenters. The Labute approximate surface area is 185 Å². The van der Waals surface area contributed by atoms with Gasteiger partial charge in [-0.15, -0.1) is 11.3 Å². The second kappa shape index (κ2) is 8.02. The lowest BCUT2D eigenvalue weighted by molar-refractivity contribution is 0.602. The van der Waals surface area contributed by atoms with E-state index in [1.165, 1.54) is 6.26 Å². The average Bonchev–Trinajstić information content (AvgIpc) is 3.35. The lowest BCUT2D eigenvalue weighted by Crippen LogP contribution is -2.00. The second-order valence-electron chi connectivity index (χ2n) is 7.44. The van der Waals surface area contributed by atoms with Crippen LogP contribution in [0.15, 0.2) is 71.6 Å². The van der Waals surface area contributed by atoms with Crippen LogP contribution >= 0.6 is 22.9 Å². The minimum absolute atomic E-state index is 0.276. The Morgan fingerprint density at radius 2 is 1.70 bits per heavy atom. The van der Waals surface area contributed by atoms with Crippen LogP contribution in [0.25, 0.3) is 26.7 Å². The van der Waals surface area contributed by atoms with Crippen molar-refractivity contribution in [3.8, 4) is 26.7 Å². The molecule has 0 aliphatic rings. The lowest BCUT2D eigenvalue weighted by atomic mass is 10.1. The maximum atomic E-state index is 11.9. The molecule has 4 nitrogen and oxygen atoms in total. The normalized spacial score (nSPS) is 11.9. The molecule has 7 heteroatoms. The first-order chi connectivity index (χ1) is 14.2. The number of hydrogen-bond donors (Lipinski definition) is 0. The molecule has 0 atom stereocenters. The van der Waals surface area contributed by atoms with Gasteiger partial charge in [-0.25, -0.2) is 13.1 Å². The molecule has 154 valence electrons. The third kappa shape index (κ3) is 4.08. The summed E-state index contributed by atoms with van der Waals surface area (Å²) in [6, 6.07) is 20.8. The van der Waals surface area contributed by atoms with E-state index in [0.29, 0.717) is 9.92 Å². The monoisotopic (exact) mass is 456 g/mol. The molecule has 0 aliphatic heterocycles. The molecule has 0 bridgehead atoms. The highest BCUT2D eigenvalue weighted by molar-refractivity contribution is 7.90. The number of hydrogen-bond acceptors (Lipinski definition) is 4. The van der Waals surface area contributed by atoms with Crippen molar-refractivity contribution >= 4 is 32.8 Å². The minimum atomic E-state index is -3.26. The van der Waals surface area contributed by atoms with Crippen molar-refractivity contribution < 1.29 is 8.42 Å². The van der Waals surface area contributed by atoms with E-state index in [2.05, 4.69) is 19.9 Å². The zero-order chi connectivity index (χ0) is 21.5. The maximum absolute atomic E-state index is 11.9. The highest BCUT2D eigenvalue weighted by Crippen LogP contribution is 2.37. The van der Waals surface area contributed by atoms with Gasteiger partial charge < -0.3 is 0 Å². The molecule has 2 aromatic carbocycles. The van der Waals surface area contributed by atoms with Crippen LogP contribution in [0, 0.1) is 0 Å². The maximum Gasteiger partial charge on any atom is 0.175 e. The van der Waals surface area contributed by atoms with Crippen LogP contribution in [0.1, 0.15) is 25.5 Å². The van der Waals surface area contributed by atoms with Crippen LogP contribution in [0.4, 0.5) is 0 Å². The van der Waals surface area contributed by atoms with E-state index in [1.54, 1.807) is 29.5 Å². The Hall–Kier alpha value is -2.41. The first-order valence-corrected chi connectivity index (χ1v) is 12.6. The van der Waals surface area contributed by atoms with Gasteiger partial charge in [0.15, 0.2) is 9.84 Å². The molecule has 0 saturated carbocycles. The minimum Gasteiger partial charge on any atom is -0.230 e. The summed E-state index contributed by atoms with van der Waals surface area (Å²) < 4.78 is 25.7. The van der Waals surface area contributed by atoms with Gasteiger partial charge >= 0.3 is 0 Å². The molecule has 4 rings (SSSR count). The summed E-state index contributed by atoms with van der Waals surface area (Å²) in [5.74, 6) is 0.276. The van der Waals surface area contributed by atoms with E-state index in [4.69, 9.17) is 16.7 Å². The molecule has 4 aromatic rings. The number of rotatable bonds is 5. The zero-order valence-electron chi connectivity index (χ0n) is 16.8. The first kappa shape index (κ1) is 20.8. The fraction of sp³-hybridized carbons (Fsp3) is 0.174. The first-order valence-electron chi connectivity index (χ1n) is 9.49. The smallest absolute Gasteiger partial charge is 0.175 e.